The van der Waals surface area contributed by atoms with E-state index in [1.54, 1.807) is 19.2 Å². The summed E-state index contributed by atoms with van der Waals surface area (Å²) in [6.07, 6.45) is 1.71. The third-order valence-corrected chi connectivity index (χ3v) is 3.23. The van der Waals surface area contributed by atoms with Crippen molar-refractivity contribution in [3.8, 4) is 17.1 Å². The molecule has 1 heterocycles. The number of hydrogen-bond donors (Lipinski definition) is 1. The normalized spacial score (nSPS) is 11.1. The summed E-state index contributed by atoms with van der Waals surface area (Å²) in [7, 11) is 1.59. The summed E-state index contributed by atoms with van der Waals surface area (Å²) in [6, 6.07) is 5.83. The summed E-state index contributed by atoms with van der Waals surface area (Å²) in [4.78, 5) is 4.41. The predicted molar refractivity (Wildman–Crippen MR) is 82.8 cm³/mol. The molecule has 0 unspecified atom stereocenters. The lowest BCUT2D eigenvalue weighted by Gasteiger charge is -2.05. The van der Waals surface area contributed by atoms with Crippen molar-refractivity contribution in [2.75, 3.05) is 13.7 Å². The molecule has 0 fully saturated rings. The third kappa shape index (κ3) is 4.44. The van der Waals surface area contributed by atoms with Gasteiger partial charge in [0.15, 0.2) is 0 Å². The van der Waals surface area contributed by atoms with Gasteiger partial charge in [0.1, 0.15) is 5.75 Å². The summed E-state index contributed by atoms with van der Waals surface area (Å²) >= 11 is 5.95. The Morgan fingerprint density at radius 1 is 1.38 bits per heavy atom. The molecule has 0 saturated heterocycles. The molecule has 2 aromatic rings. The first-order valence-corrected chi connectivity index (χ1v) is 7.38. The Morgan fingerprint density at radius 2 is 2.19 bits per heavy atom. The zero-order chi connectivity index (χ0) is 15.2. The molecule has 0 bridgehead atoms. The van der Waals surface area contributed by atoms with E-state index in [1.807, 2.05) is 6.07 Å². The molecule has 0 aliphatic rings. The van der Waals surface area contributed by atoms with Crippen molar-refractivity contribution in [1.29, 1.82) is 0 Å². The molecular formula is C15H20ClN3O2. The van der Waals surface area contributed by atoms with Crippen molar-refractivity contribution in [3.05, 3.63) is 29.1 Å². The van der Waals surface area contributed by atoms with Crippen molar-refractivity contribution >= 4 is 11.6 Å². The number of hydrogen-bond acceptors (Lipinski definition) is 5. The lowest BCUT2D eigenvalue weighted by Crippen LogP contribution is -2.23. The Bertz CT molecular complexity index is 584. The average Bonchev–Trinajstić information content (AvgIpc) is 2.92. The van der Waals surface area contributed by atoms with Crippen molar-refractivity contribution < 1.29 is 9.26 Å². The SMILES string of the molecule is COc1cc(Cl)ccc1-c1noc(CCCNC(C)C)n1. The minimum absolute atomic E-state index is 0.488. The van der Waals surface area contributed by atoms with Crippen LogP contribution in [-0.2, 0) is 6.42 Å². The van der Waals surface area contributed by atoms with Gasteiger partial charge in [-0.3, -0.25) is 0 Å². The van der Waals surface area contributed by atoms with E-state index in [2.05, 4.69) is 29.3 Å². The van der Waals surface area contributed by atoms with E-state index >= 15 is 0 Å². The maximum Gasteiger partial charge on any atom is 0.227 e. The molecule has 0 aliphatic carbocycles. The number of halogens is 1. The monoisotopic (exact) mass is 309 g/mol. The van der Waals surface area contributed by atoms with Gasteiger partial charge in [0.05, 0.1) is 12.7 Å². The van der Waals surface area contributed by atoms with Gasteiger partial charge in [-0.05, 0) is 31.2 Å². The first-order chi connectivity index (χ1) is 10.1. The summed E-state index contributed by atoms with van der Waals surface area (Å²) in [5.41, 5.74) is 0.775. The van der Waals surface area contributed by atoms with Gasteiger partial charge in [0.2, 0.25) is 11.7 Å². The first kappa shape index (κ1) is 15.8. The topological polar surface area (TPSA) is 60.2 Å². The smallest absolute Gasteiger partial charge is 0.227 e. The second-order valence-electron chi connectivity index (χ2n) is 5.07. The van der Waals surface area contributed by atoms with Crippen LogP contribution in [0.25, 0.3) is 11.4 Å². The van der Waals surface area contributed by atoms with Gasteiger partial charge in [0.25, 0.3) is 0 Å². The molecule has 5 nitrogen and oxygen atoms in total. The van der Waals surface area contributed by atoms with E-state index in [4.69, 9.17) is 20.9 Å². The number of aromatic nitrogens is 2. The number of aryl methyl sites for hydroxylation is 1. The highest BCUT2D eigenvalue weighted by Crippen LogP contribution is 2.30. The van der Waals surface area contributed by atoms with Crippen molar-refractivity contribution in [2.45, 2.75) is 32.7 Å². The van der Waals surface area contributed by atoms with E-state index in [-0.39, 0.29) is 0 Å². The molecule has 1 aromatic carbocycles. The third-order valence-electron chi connectivity index (χ3n) is 2.99. The van der Waals surface area contributed by atoms with Gasteiger partial charge in [-0.1, -0.05) is 30.6 Å². The van der Waals surface area contributed by atoms with E-state index < -0.39 is 0 Å². The summed E-state index contributed by atoms with van der Waals surface area (Å²) in [5, 5.41) is 7.97. The highest BCUT2D eigenvalue weighted by molar-refractivity contribution is 6.30. The van der Waals surface area contributed by atoms with Gasteiger partial charge in [-0.25, -0.2) is 0 Å². The predicted octanol–water partition coefficient (Wildman–Crippen LogP) is 3.33. The van der Waals surface area contributed by atoms with Gasteiger partial charge < -0.3 is 14.6 Å². The minimum atomic E-state index is 0.488. The number of nitrogens with zero attached hydrogens (tertiary/aromatic N) is 2. The van der Waals surface area contributed by atoms with Crippen molar-refractivity contribution in [1.82, 2.24) is 15.5 Å². The highest BCUT2D eigenvalue weighted by atomic mass is 35.5. The molecule has 0 amide bonds. The first-order valence-electron chi connectivity index (χ1n) is 7.00. The van der Waals surface area contributed by atoms with Crippen LogP contribution in [0, 0.1) is 0 Å². The number of benzene rings is 1. The maximum absolute atomic E-state index is 5.95. The second kappa shape index (κ2) is 7.43. The molecule has 0 saturated carbocycles. The van der Waals surface area contributed by atoms with E-state index in [0.717, 1.165) is 24.9 Å². The molecule has 0 spiro atoms. The highest BCUT2D eigenvalue weighted by Gasteiger charge is 2.13. The van der Waals surface area contributed by atoms with Crippen LogP contribution in [0.3, 0.4) is 0 Å². The molecule has 114 valence electrons. The van der Waals surface area contributed by atoms with Gasteiger partial charge in [-0.15, -0.1) is 0 Å². The number of nitrogens with one attached hydrogen (secondary N) is 1. The quantitative estimate of drug-likeness (QED) is 0.795. The molecule has 0 atom stereocenters. The minimum Gasteiger partial charge on any atom is -0.496 e. The van der Waals surface area contributed by atoms with Crippen LogP contribution in [0.5, 0.6) is 5.75 Å². The van der Waals surface area contributed by atoms with Crippen LogP contribution >= 0.6 is 11.6 Å². The Kier molecular flexibility index (Phi) is 5.59. The van der Waals surface area contributed by atoms with E-state index in [9.17, 15) is 0 Å². The average molecular weight is 310 g/mol. The largest absolute Gasteiger partial charge is 0.496 e. The Labute approximate surface area is 129 Å². The molecule has 0 radical (unpaired) electrons. The Balaban J connectivity index is 2.02. The summed E-state index contributed by atoms with van der Waals surface area (Å²) in [5.74, 6) is 1.79. The molecule has 2 rings (SSSR count). The Morgan fingerprint density at radius 3 is 2.90 bits per heavy atom. The second-order valence-corrected chi connectivity index (χ2v) is 5.51. The van der Waals surface area contributed by atoms with E-state index in [0.29, 0.717) is 28.5 Å². The van der Waals surface area contributed by atoms with Crippen molar-refractivity contribution in [3.63, 3.8) is 0 Å². The van der Waals surface area contributed by atoms with Crippen LogP contribution in [-0.4, -0.2) is 29.8 Å². The lowest BCUT2D eigenvalue weighted by molar-refractivity contribution is 0.373. The molecule has 1 N–H and O–H groups in total. The van der Waals surface area contributed by atoms with Crippen LogP contribution in [0.1, 0.15) is 26.2 Å². The van der Waals surface area contributed by atoms with Crippen LogP contribution in [0.4, 0.5) is 0 Å². The van der Waals surface area contributed by atoms with Gasteiger partial charge in [-0.2, -0.15) is 4.98 Å². The molecule has 6 heteroatoms. The summed E-state index contributed by atoms with van der Waals surface area (Å²) < 4.78 is 10.6. The maximum atomic E-state index is 5.95. The lowest BCUT2D eigenvalue weighted by atomic mass is 10.2. The fourth-order valence-corrected chi connectivity index (χ4v) is 2.11. The molecular weight excluding hydrogens is 290 g/mol. The van der Waals surface area contributed by atoms with E-state index in [1.165, 1.54) is 0 Å². The molecule has 1 aromatic heterocycles. The van der Waals surface area contributed by atoms with Crippen LogP contribution in [0.2, 0.25) is 5.02 Å². The fourth-order valence-electron chi connectivity index (χ4n) is 1.95. The Hall–Kier alpha value is -1.59. The van der Waals surface area contributed by atoms with Crippen molar-refractivity contribution in [2.24, 2.45) is 0 Å². The number of methoxy groups -OCH3 is 1. The molecule has 0 aliphatic heterocycles. The zero-order valence-electron chi connectivity index (χ0n) is 12.5. The van der Waals surface area contributed by atoms with Crippen LogP contribution < -0.4 is 10.1 Å². The fraction of sp³-hybridized carbons (Fsp3) is 0.467. The number of ether oxygens (including phenoxy) is 1. The molecule has 21 heavy (non-hydrogen) atoms. The van der Waals surface area contributed by atoms with Gasteiger partial charge in [0, 0.05) is 17.5 Å². The van der Waals surface area contributed by atoms with Gasteiger partial charge >= 0.3 is 0 Å². The van der Waals surface area contributed by atoms with Crippen LogP contribution in [0.15, 0.2) is 22.7 Å². The standard InChI is InChI=1S/C15H20ClN3O2/c1-10(2)17-8-4-5-14-18-15(19-21-14)12-7-6-11(16)9-13(12)20-3/h6-7,9-10,17H,4-5,8H2,1-3H3. The summed E-state index contributed by atoms with van der Waals surface area (Å²) in [6.45, 7) is 5.18. The zero-order valence-corrected chi connectivity index (χ0v) is 13.3. The number of rotatable bonds is 7.